The zero-order valence-electron chi connectivity index (χ0n) is 13.7. The summed E-state index contributed by atoms with van der Waals surface area (Å²) < 4.78 is 11.1. The van der Waals surface area contributed by atoms with E-state index in [-0.39, 0.29) is 24.5 Å². The molecule has 1 aromatic heterocycles. The van der Waals surface area contributed by atoms with E-state index in [0.717, 1.165) is 5.56 Å². The lowest BCUT2D eigenvalue weighted by molar-refractivity contribution is 0.0897. The first-order valence-corrected chi connectivity index (χ1v) is 7.95. The van der Waals surface area contributed by atoms with Crippen molar-refractivity contribution in [2.24, 2.45) is 5.92 Å². The molecule has 0 radical (unpaired) electrons. The highest BCUT2D eigenvalue weighted by Gasteiger charge is 2.21. The van der Waals surface area contributed by atoms with Crippen molar-refractivity contribution in [3.8, 4) is 22.8 Å². The second-order valence-corrected chi connectivity index (χ2v) is 6.02. The number of H-pyrrole nitrogens is 1. The molecule has 1 aliphatic rings. The Hall–Kier alpha value is -2.54. The fraction of sp³-hybridized carbons (Fsp3) is 0.412. The quantitative estimate of drug-likeness (QED) is 0.773. The maximum absolute atomic E-state index is 12.5. The molecule has 3 N–H and O–H groups in total. The Labute approximate surface area is 140 Å². The summed E-state index contributed by atoms with van der Waals surface area (Å²) in [5.74, 6) is 1.19. The molecule has 1 aromatic carbocycles. The summed E-state index contributed by atoms with van der Waals surface area (Å²) in [6.45, 7) is 4.80. The second-order valence-electron chi connectivity index (χ2n) is 6.02. The maximum Gasteiger partial charge on any atom is 0.255 e. The number of nitrogens with one attached hydrogen (secondary N) is 2. The van der Waals surface area contributed by atoms with Gasteiger partial charge in [-0.15, -0.1) is 0 Å². The van der Waals surface area contributed by atoms with Gasteiger partial charge >= 0.3 is 0 Å². The van der Waals surface area contributed by atoms with Crippen molar-refractivity contribution in [1.29, 1.82) is 0 Å². The summed E-state index contributed by atoms with van der Waals surface area (Å²) in [6.07, 6.45) is 1.48. The van der Waals surface area contributed by atoms with Crippen LogP contribution in [0.1, 0.15) is 24.2 Å². The molecule has 7 heteroatoms. The Balaban J connectivity index is 1.86. The normalized spacial score (nSPS) is 14.5. The third kappa shape index (κ3) is 3.21. The molecule has 2 heterocycles. The number of aromatic nitrogens is 2. The minimum absolute atomic E-state index is 0.111. The number of amides is 1. The number of hydrogen-bond donors (Lipinski definition) is 3. The Kier molecular flexibility index (Phi) is 4.71. The van der Waals surface area contributed by atoms with Crippen molar-refractivity contribution in [3.63, 3.8) is 0 Å². The van der Waals surface area contributed by atoms with Crippen LogP contribution >= 0.6 is 0 Å². The first-order valence-electron chi connectivity index (χ1n) is 7.95. The summed E-state index contributed by atoms with van der Waals surface area (Å²) >= 11 is 0. The van der Waals surface area contributed by atoms with E-state index in [1.54, 1.807) is 0 Å². The monoisotopic (exact) mass is 331 g/mol. The van der Waals surface area contributed by atoms with Crippen molar-refractivity contribution in [1.82, 2.24) is 15.5 Å². The number of fused-ring (bicyclic) bond motifs is 1. The zero-order chi connectivity index (χ0) is 17.1. The van der Waals surface area contributed by atoms with Crippen LogP contribution in [0, 0.1) is 5.92 Å². The Morgan fingerprint density at radius 3 is 2.79 bits per heavy atom. The topological polar surface area (TPSA) is 96.5 Å². The van der Waals surface area contributed by atoms with Crippen molar-refractivity contribution in [2.45, 2.75) is 19.9 Å². The van der Waals surface area contributed by atoms with Gasteiger partial charge in [0.05, 0.1) is 30.1 Å². The minimum atomic E-state index is -0.305. The molecule has 0 aliphatic carbocycles. The number of aliphatic hydroxyl groups is 1. The number of aromatic amines is 1. The van der Waals surface area contributed by atoms with E-state index in [1.807, 2.05) is 32.0 Å². The summed E-state index contributed by atoms with van der Waals surface area (Å²) in [5.41, 5.74) is 1.81. The van der Waals surface area contributed by atoms with Crippen molar-refractivity contribution in [2.75, 3.05) is 19.8 Å². The molecule has 0 saturated carbocycles. The third-order valence-electron chi connectivity index (χ3n) is 4.03. The van der Waals surface area contributed by atoms with Gasteiger partial charge in [0.25, 0.3) is 5.91 Å². The SMILES string of the molecule is CC(C)[C@@H](CO)NC(=O)c1cn[nH]c1-c1ccc2c(c1)OCCO2. The number of ether oxygens (including phenoxy) is 2. The van der Waals surface area contributed by atoms with E-state index in [2.05, 4.69) is 15.5 Å². The number of rotatable bonds is 5. The van der Waals surface area contributed by atoms with Crippen LogP contribution in [0.15, 0.2) is 24.4 Å². The van der Waals surface area contributed by atoms with Crippen LogP contribution in [-0.2, 0) is 0 Å². The average Bonchev–Trinajstić information content (AvgIpc) is 3.08. The lowest BCUT2D eigenvalue weighted by atomic mass is 10.0. The lowest BCUT2D eigenvalue weighted by Gasteiger charge is -2.20. The van der Waals surface area contributed by atoms with Crippen LogP contribution < -0.4 is 14.8 Å². The van der Waals surface area contributed by atoms with E-state index in [0.29, 0.717) is 36.0 Å². The minimum Gasteiger partial charge on any atom is -0.486 e. The van der Waals surface area contributed by atoms with Crippen molar-refractivity contribution < 1.29 is 19.4 Å². The van der Waals surface area contributed by atoms with Crippen LogP contribution in [0.3, 0.4) is 0 Å². The first-order chi connectivity index (χ1) is 11.6. The Morgan fingerprint density at radius 1 is 1.33 bits per heavy atom. The summed E-state index contributed by atoms with van der Waals surface area (Å²) in [7, 11) is 0. The highest BCUT2D eigenvalue weighted by atomic mass is 16.6. The predicted octanol–water partition coefficient (Wildman–Crippen LogP) is 1.59. The molecular weight excluding hydrogens is 310 g/mol. The zero-order valence-corrected chi connectivity index (χ0v) is 13.7. The number of aliphatic hydroxyl groups excluding tert-OH is 1. The smallest absolute Gasteiger partial charge is 0.255 e. The van der Waals surface area contributed by atoms with Gasteiger partial charge in [-0.25, -0.2) is 0 Å². The number of benzene rings is 1. The van der Waals surface area contributed by atoms with Gasteiger partial charge in [0.15, 0.2) is 11.5 Å². The van der Waals surface area contributed by atoms with Gasteiger partial charge in [-0.05, 0) is 24.1 Å². The van der Waals surface area contributed by atoms with Crippen LogP contribution in [0.5, 0.6) is 11.5 Å². The third-order valence-corrected chi connectivity index (χ3v) is 4.03. The molecule has 1 atom stereocenters. The highest BCUT2D eigenvalue weighted by Crippen LogP contribution is 2.34. The summed E-state index contributed by atoms with van der Waals surface area (Å²) in [5, 5.41) is 19.1. The second kappa shape index (κ2) is 6.92. The molecule has 24 heavy (non-hydrogen) atoms. The fourth-order valence-corrected chi connectivity index (χ4v) is 2.55. The molecule has 1 amide bonds. The molecule has 7 nitrogen and oxygen atoms in total. The van der Waals surface area contributed by atoms with Crippen LogP contribution in [0.4, 0.5) is 0 Å². The molecule has 1 aliphatic heterocycles. The summed E-state index contributed by atoms with van der Waals surface area (Å²) in [6, 6.07) is 5.19. The molecule has 0 fully saturated rings. The number of carbonyl (C=O) groups is 1. The maximum atomic E-state index is 12.5. The number of nitrogens with zero attached hydrogens (tertiary/aromatic N) is 1. The van der Waals surface area contributed by atoms with Gasteiger partial charge in [0.1, 0.15) is 13.2 Å². The van der Waals surface area contributed by atoms with E-state index >= 15 is 0 Å². The van der Waals surface area contributed by atoms with E-state index in [4.69, 9.17) is 9.47 Å². The van der Waals surface area contributed by atoms with Gasteiger partial charge in [0.2, 0.25) is 0 Å². The Morgan fingerprint density at radius 2 is 2.08 bits per heavy atom. The lowest BCUT2D eigenvalue weighted by Crippen LogP contribution is -2.41. The van der Waals surface area contributed by atoms with Crippen molar-refractivity contribution in [3.05, 3.63) is 30.0 Å². The number of hydrogen-bond acceptors (Lipinski definition) is 5. The largest absolute Gasteiger partial charge is 0.486 e. The molecule has 0 bridgehead atoms. The van der Waals surface area contributed by atoms with E-state index in [1.165, 1.54) is 6.20 Å². The number of carbonyl (C=O) groups excluding carboxylic acids is 1. The van der Waals surface area contributed by atoms with Gasteiger partial charge in [0, 0.05) is 5.56 Å². The van der Waals surface area contributed by atoms with Crippen LogP contribution in [0.25, 0.3) is 11.3 Å². The van der Waals surface area contributed by atoms with E-state index in [9.17, 15) is 9.90 Å². The summed E-state index contributed by atoms with van der Waals surface area (Å²) in [4.78, 5) is 12.5. The predicted molar refractivity (Wildman–Crippen MR) is 88.2 cm³/mol. The molecule has 0 spiro atoms. The van der Waals surface area contributed by atoms with Gasteiger partial charge in [-0.2, -0.15) is 5.10 Å². The fourth-order valence-electron chi connectivity index (χ4n) is 2.55. The van der Waals surface area contributed by atoms with Crippen LogP contribution in [0.2, 0.25) is 0 Å². The molecule has 128 valence electrons. The first kappa shape index (κ1) is 16.3. The average molecular weight is 331 g/mol. The standard InChI is InChI=1S/C17H21N3O4/c1-10(2)13(9-21)19-17(22)12-8-18-20-16(12)11-3-4-14-15(7-11)24-6-5-23-14/h3-4,7-8,10,13,21H,5-6,9H2,1-2H3,(H,18,20)(H,19,22)/t13-/m1/s1. The molecule has 2 aromatic rings. The van der Waals surface area contributed by atoms with Crippen LogP contribution in [-0.4, -0.2) is 47.1 Å². The Bertz CT molecular complexity index is 726. The molecule has 3 rings (SSSR count). The molecule has 0 unspecified atom stereocenters. The molecule has 0 saturated heterocycles. The van der Waals surface area contributed by atoms with Crippen molar-refractivity contribution >= 4 is 5.91 Å². The van der Waals surface area contributed by atoms with E-state index < -0.39 is 0 Å². The van der Waals surface area contributed by atoms with Gasteiger partial charge < -0.3 is 19.9 Å². The van der Waals surface area contributed by atoms with Gasteiger partial charge in [-0.1, -0.05) is 13.8 Å². The van der Waals surface area contributed by atoms with Gasteiger partial charge in [-0.3, -0.25) is 9.89 Å². The molecular formula is C17H21N3O4. The highest BCUT2D eigenvalue weighted by molar-refractivity contribution is 6.00.